The lowest BCUT2D eigenvalue weighted by molar-refractivity contribution is -0.274. The Balaban J connectivity index is 1.86. The highest BCUT2D eigenvalue weighted by Gasteiger charge is 2.31. The van der Waals surface area contributed by atoms with E-state index in [2.05, 4.69) is 20.6 Å². The van der Waals surface area contributed by atoms with Crippen LogP contribution in [-0.2, 0) is 6.54 Å². The van der Waals surface area contributed by atoms with E-state index in [9.17, 15) is 18.0 Å². The largest absolute Gasteiger partial charge is 0.573 e. The Morgan fingerprint density at radius 2 is 1.93 bits per heavy atom. The van der Waals surface area contributed by atoms with Gasteiger partial charge >= 0.3 is 6.36 Å². The number of nitrogen functional groups attached to an aromatic ring is 1. The van der Waals surface area contributed by atoms with E-state index in [0.717, 1.165) is 5.56 Å². The minimum atomic E-state index is -4.75. The summed E-state index contributed by atoms with van der Waals surface area (Å²) in [6.07, 6.45) is 0.666. The van der Waals surface area contributed by atoms with Gasteiger partial charge in [-0.15, -0.1) is 19.6 Å². The fourth-order valence-corrected chi connectivity index (χ4v) is 2.73. The molecule has 0 atom stereocenters. The van der Waals surface area contributed by atoms with E-state index in [1.54, 1.807) is 23.1 Å². The van der Waals surface area contributed by atoms with Gasteiger partial charge in [-0.3, -0.25) is 9.78 Å². The summed E-state index contributed by atoms with van der Waals surface area (Å²) >= 11 is 0. The lowest BCUT2D eigenvalue weighted by Gasteiger charge is -2.23. The summed E-state index contributed by atoms with van der Waals surface area (Å²) in [5, 5.41) is 0.376. The van der Waals surface area contributed by atoms with E-state index in [0.29, 0.717) is 23.1 Å². The van der Waals surface area contributed by atoms with Crippen LogP contribution in [0.15, 0.2) is 47.3 Å². The summed E-state index contributed by atoms with van der Waals surface area (Å²) in [7, 11) is 0. The maximum absolute atomic E-state index is 12.3. The van der Waals surface area contributed by atoms with E-state index >= 15 is 0 Å². The molecule has 0 aliphatic rings. The van der Waals surface area contributed by atoms with Crippen LogP contribution in [0.3, 0.4) is 0 Å². The van der Waals surface area contributed by atoms with Crippen molar-refractivity contribution in [1.82, 2.24) is 9.97 Å². The third-order valence-electron chi connectivity index (χ3n) is 3.88. The SMILES string of the molecule is C#CCN(Cc1ccc2nc(N)[nH]c(=O)c2c1)c1ccc(OC(F)(F)F)cc1. The lowest BCUT2D eigenvalue weighted by atomic mass is 10.1. The molecule has 28 heavy (non-hydrogen) atoms. The van der Waals surface area contributed by atoms with E-state index in [1.165, 1.54) is 24.3 Å². The number of nitrogens with zero attached hydrogens (tertiary/aromatic N) is 2. The van der Waals surface area contributed by atoms with Gasteiger partial charge in [-0.25, -0.2) is 4.98 Å². The first-order chi connectivity index (χ1) is 13.2. The standard InChI is InChI=1S/C19H15F3N4O2/c1-2-9-26(13-4-6-14(7-5-13)28-19(20,21)22)11-12-3-8-16-15(10-12)17(27)25-18(23)24-16/h1,3-8,10H,9,11H2,(H3,23,24,25,27). The van der Waals surface area contributed by atoms with Crippen molar-refractivity contribution in [3.05, 3.63) is 58.4 Å². The molecule has 0 fully saturated rings. The van der Waals surface area contributed by atoms with Gasteiger partial charge in [0.15, 0.2) is 0 Å². The first-order valence-corrected chi connectivity index (χ1v) is 8.08. The number of alkyl halides is 3. The first kappa shape index (κ1) is 19.1. The van der Waals surface area contributed by atoms with Crippen molar-refractivity contribution in [1.29, 1.82) is 0 Å². The van der Waals surface area contributed by atoms with Gasteiger partial charge in [0.05, 0.1) is 17.4 Å². The van der Waals surface area contributed by atoms with Gasteiger partial charge in [0.2, 0.25) is 5.95 Å². The topological polar surface area (TPSA) is 84.2 Å². The molecule has 0 saturated heterocycles. The van der Waals surface area contributed by atoms with Crippen molar-refractivity contribution < 1.29 is 17.9 Å². The highest BCUT2D eigenvalue weighted by atomic mass is 19.4. The molecule has 0 aliphatic heterocycles. The number of nitrogens with one attached hydrogen (secondary N) is 1. The Morgan fingerprint density at radius 1 is 1.21 bits per heavy atom. The van der Waals surface area contributed by atoms with Crippen molar-refractivity contribution in [2.24, 2.45) is 0 Å². The normalized spacial score (nSPS) is 11.2. The highest BCUT2D eigenvalue weighted by Crippen LogP contribution is 2.26. The van der Waals surface area contributed by atoms with E-state index < -0.39 is 6.36 Å². The Kier molecular flexibility index (Phi) is 5.13. The smallest absolute Gasteiger partial charge is 0.406 e. The fraction of sp³-hybridized carbons (Fsp3) is 0.158. The molecule has 144 valence electrons. The first-order valence-electron chi connectivity index (χ1n) is 8.08. The molecule has 1 heterocycles. The van der Waals surface area contributed by atoms with Crippen molar-refractivity contribution in [3.8, 4) is 18.1 Å². The average Bonchev–Trinajstić information content (AvgIpc) is 2.61. The average molecular weight is 388 g/mol. The molecular formula is C19H15F3N4O2. The van der Waals surface area contributed by atoms with E-state index in [-0.39, 0.29) is 23.8 Å². The van der Waals surface area contributed by atoms with Crippen LogP contribution in [0, 0.1) is 12.3 Å². The molecule has 3 N–H and O–H groups in total. The number of fused-ring (bicyclic) bond motifs is 1. The summed E-state index contributed by atoms with van der Waals surface area (Å²) in [4.78, 5) is 20.3. The molecule has 6 nitrogen and oxygen atoms in total. The minimum absolute atomic E-state index is 0.0281. The molecule has 0 radical (unpaired) electrons. The Hall–Kier alpha value is -3.67. The number of hydrogen-bond donors (Lipinski definition) is 2. The maximum Gasteiger partial charge on any atom is 0.573 e. The van der Waals surface area contributed by atoms with Gasteiger partial charge in [-0.2, -0.15) is 0 Å². The van der Waals surface area contributed by atoms with E-state index in [4.69, 9.17) is 12.2 Å². The third-order valence-corrected chi connectivity index (χ3v) is 3.88. The summed E-state index contributed by atoms with van der Waals surface area (Å²) in [6.45, 7) is 0.553. The van der Waals surface area contributed by atoms with Crippen molar-refractivity contribution >= 4 is 22.5 Å². The van der Waals surface area contributed by atoms with Crippen molar-refractivity contribution in [2.45, 2.75) is 12.9 Å². The van der Waals surface area contributed by atoms with Crippen LogP contribution in [0.1, 0.15) is 5.56 Å². The molecule has 0 spiro atoms. The zero-order valence-electron chi connectivity index (χ0n) is 14.5. The number of halogens is 3. The maximum atomic E-state index is 12.3. The van der Waals surface area contributed by atoms with Gasteiger partial charge in [-0.05, 0) is 42.0 Å². The molecule has 9 heteroatoms. The summed E-state index contributed by atoms with van der Waals surface area (Å²) < 4.78 is 40.8. The van der Waals surface area contributed by atoms with Crippen LogP contribution in [0.25, 0.3) is 10.9 Å². The lowest BCUT2D eigenvalue weighted by Crippen LogP contribution is -2.23. The highest BCUT2D eigenvalue weighted by molar-refractivity contribution is 5.79. The van der Waals surface area contributed by atoms with Crippen LogP contribution < -0.4 is 20.9 Å². The molecule has 2 aromatic carbocycles. The number of ether oxygens (including phenoxy) is 1. The fourth-order valence-electron chi connectivity index (χ4n) is 2.73. The molecule has 0 amide bonds. The zero-order valence-corrected chi connectivity index (χ0v) is 14.5. The molecule has 3 rings (SSSR count). The Bertz CT molecular complexity index is 1090. The van der Waals surface area contributed by atoms with Gasteiger partial charge < -0.3 is 15.4 Å². The van der Waals surface area contributed by atoms with Crippen LogP contribution >= 0.6 is 0 Å². The predicted octanol–water partition coefficient (Wildman–Crippen LogP) is 3.04. The number of H-pyrrole nitrogens is 1. The molecule has 3 aromatic rings. The van der Waals surface area contributed by atoms with Gasteiger partial charge in [-0.1, -0.05) is 12.0 Å². The number of aromatic amines is 1. The van der Waals surface area contributed by atoms with Crippen LogP contribution in [0.5, 0.6) is 5.75 Å². The van der Waals surface area contributed by atoms with Crippen LogP contribution in [0.2, 0.25) is 0 Å². The molecule has 0 unspecified atom stereocenters. The van der Waals surface area contributed by atoms with Crippen LogP contribution in [0.4, 0.5) is 24.8 Å². The summed E-state index contributed by atoms with van der Waals surface area (Å²) in [5.74, 6) is 2.22. The number of rotatable bonds is 5. The van der Waals surface area contributed by atoms with Gasteiger partial charge in [0, 0.05) is 12.2 Å². The Morgan fingerprint density at radius 3 is 2.57 bits per heavy atom. The third kappa shape index (κ3) is 4.54. The van der Waals surface area contributed by atoms with Crippen LogP contribution in [-0.4, -0.2) is 22.9 Å². The van der Waals surface area contributed by atoms with E-state index in [1.807, 2.05) is 0 Å². The quantitative estimate of drug-likeness (QED) is 0.657. The molecule has 0 bridgehead atoms. The number of nitrogens with two attached hydrogens (primary N) is 1. The second-order valence-corrected chi connectivity index (χ2v) is 5.90. The number of aromatic nitrogens is 2. The minimum Gasteiger partial charge on any atom is -0.406 e. The zero-order chi connectivity index (χ0) is 20.3. The monoisotopic (exact) mass is 388 g/mol. The number of anilines is 2. The van der Waals surface area contributed by atoms with Gasteiger partial charge in [0.1, 0.15) is 5.75 Å². The molecule has 1 aromatic heterocycles. The Labute approximate surface area is 157 Å². The molecule has 0 saturated carbocycles. The molecule has 0 aliphatic carbocycles. The second kappa shape index (κ2) is 7.52. The second-order valence-electron chi connectivity index (χ2n) is 5.90. The van der Waals surface area contributed by atoms with Crippen molar-refractivity contribution in [2.75, 3.05) is 17.2 Å². The summed E-state index contributed by atoms with van der Waals surface area (Å²) in [5.41, 5.74) is 7.01. The number of benzene rings is 2. The molecular weight excluding hydrogens is 373 g/mol. The number of terminal acetylenes is 1. The van der Waals surface area contributed by atoms with Gasteiger partial charge in [0.25, 0.3) is 5.56 Å². The predicted molar refractivity (Wildman–Crippen MR) is 99.8 cm³/mol. The van der Waals surface area contributed by atoms with Crippen molar-refractivity contribution in [3.63, 3.8) is 0 Å². The summed E-state index contributed by atoms with van der Waals surface area (Å²) in [6, 6.07) is 10.5. The number of hydrogen-bond acceptors (Lipinski definition) is 5.